The van der Waals surface area contributed by atoms with E-state index in [1.807, 2.05) is 30.3 Å². The van der Waals surface area contributed by atoms with E-state index in [1.54, 1.807) is 0 Å². The molecular formula is C17H18F3NO3. The van der Waals surface area contributed by atoms with Crippen molar-refractivity contribution in [1.29, 1.82) is 0 Å². The highest BCUT2D eigenvalue weighted by Gasteiger charge is 2.31. The Morgan fingerprint density at radius 3 is 2.38 bits per heavy atom. The van der Waals surface area contributed by atoms with Crippen molar-refractivity contribution in [3.8, 4) is 11.5 Å². The number of halogens is 3. The van der Waals surface area contributed by atoms with Crippen molar-refractivity contribution in [3.05, 3.63) is 59.7 Å². The summed E-state index contributed by atoms with van der Waals surface area (Å²) in [6.45, 7) is 0. The predicted molar refractivity (Wildman–Crippen MR) is 82.8 cm³/mol. The van der Waals surface area contributed by atoms with Crippen LogP contribution < -0.4 is 15.2 Å². The van der Waals surface area contributed by atoms with E-state index in [2.05, 4.69) is 4.74 Å². The van der Waals surface area contributed by atoms with Crippen molar-refractivity contribution in [2.24, 2.45) is 5.73 Å². The fourth-order valence-electron chi connectivity index (χ4n) is 2.35. The quantitative estimate of drug-likeness (QED) is 0.847. The molecule has 0 aliphatic carbocycles. The molecule has 4 nitrogen and oxygen atoms in total. The first-order chi connectivity index (χ1) is 11.3. The van der Waals surface area contributed by atoms with E-state index in [1.165, 1.54) is 13.2 Å². The van der Waals surface area contributed by atoms with Gasteiger partial charge in [0.25, 0.3) is 0 Å². The standard InChI is InChI=1S/C17H18F3NO3/c1-23-15-10-12(24-17(18,19)20)7-8-13(15)16(21)14(22)9-11-5-3-2-4-6-11/h2-8,10,14,16,22H,9,21H2,1H3/t14-,16+/m0/s1. The maximum atomic E-state index is 12.3. The van der Waals surface area contributed by atoms with Crippen LogP contribution in [0.5, 0.6) is 11.5 Å². The number of nitrogens with two attached hydrogens (primary N) is 1. The van der Waals surface area contributed by atoms with Gasteiger partial charge in [-0.3, -0.25) is 0 Å². The predicted octanol–water partition coefficient (Wildman–Crippen LogP) is 3.20. The van der Waals surface area contributed by atoms with Crippen molar-refractivity contribution in [2.45, 2.75) is 24.9 Å². The molecule has 0 aliphatic rings. The van der Waals surface area contributed by atoms with Gasteiger partial charge in [0.2, 0.25) is 0 Å². The number of benzene rings is 2. The molecule has 0 amide bonds. The van der Waals surface area contributed by atoms with Crippen LogP contribution in [0.15, 0.2) is 48.5 Å². The lowest BCUT2D eigenvalue weighted by atomic mass is 9.96. The maximum absolute atomic E-state index is 12.3. The zero-order valence-corrected chi connectivity index (χ0v) is 13.0. The number of ether oxygens (including phenoxy) is 2. The minimum absolute atomic E-state index is 0.122. The van der Waals surface area contributed by atoms with E-state index in [-0.39, 0.29) is 5.75 Å². The van der Waals surface area contributed by atoms with Crippen LogP contribution in [0.2, 0.25) is 0 Å². The highest BCUT2D eigenvalue weighted by atomic mass is 19.4. The second kappa shape index (κ2) is 7.55. The Bertz CT molecular complexity index is 662. The SMILES string of the molecule is COc1cc(OC(F)(F)F)ccc1[C@@H](N)[C@@H](O)Cc1ccccc1. The van der Waals surface area contributed by atoms with E-state index in [0.29, 0.717) is 12.0 Å². The van der Waals surface area contributed by atoms with Gasteiger partial charge in [0, 0.05) is 18.1 Å². The van der Waals surface area contributed by atoms with Gasteiger partial charge >= 0.3 is 6.36 Å². The van der Waals surface area contributed by atoms with Gasteiger partial charge < -0.3 is 20.3 Å². The van der Waals surface area contributed by atoms with Crippen molar-refractivity contribution in [1.82, 2.24) is 0 Å². The van der Waals surface area contributed by atoms with E-state index < -0.39 is 24.3 Å². The van der Waals surface area contributed by atoms with Crippen LogP contribution in [0.25, 0.3) is 0 Å². The van der Waals surface area contributed by atoms with Gasteiger partial charge in [-0.05, 0) is 17.7 Å². The third-order valence-electron chi connectivity index (χ3n) is 3.50. The number of aliphatic hydroxyl groups excluding tert-OH is 1. The van der Waals surface area contributed by atoms with Crippen molar-refractivity contribution >= 4 is 0 Å². The summed E-state index contributed by atoms with van der Waals surface area (Å²) in [6, 6.07) is 12.0. The smallest absolute Gasteiger partial charge is 0.496 e. The molecule has 0 aromatic heterocycles. The third-order valence-corrected chi connectivity index (χ3v) is 3.50. The summed E-state index contributed by atoms with van der Waals surface area (Å²) in [5, 5.41) is 10.3. The van der Waals surface area contributed by atoms with Crippen LogP contribution in [-0.2, 0) is 6.42 Å². The summed E-state index contributed by atoms with van der Waals surface area (Å²) in [5.74, 6) is -0.288. The molecule has 0 aliphatic heterocycles. The second-order valence-electron chi connectivity index (χ2n) is 5.23. The zero-order chi connectivity index (χ0) is 17.7. The molecule has 0 fully saturated rings. The number of methoxy groups -OCH3 is 1. The summed E-state index contributed by atoms with van der Waals surface area (Å²) in [6.07, 6.45) is -5.40. The van der Waals surface area contributed by atoms with Crippen LogP contribution in [-0.4, -0.2) is 24.7 Å². The van der Waals surface area contributed by atoms with Crippen molar-refractivity contribution in [3.63, 3.8) is 0 Å². The van der Waals surface area contributed by atoms with Gasteiger partial charge in [0.1, 0.15) is 11.5 Å². The van der Waals surface area contributed by atoms with Crippen molar-refractivity contribution < 1.29 is 27.8 Å². The Kier molecular flexibility index (Phi) is 5.69. The zero-order valence-electron chi connectivity index (χ0n) is 13.0. The van der Waals surface area contributed by atoms with Gasteiger partial charge in [-0.1, -0.05) is 30.3 Å². The molecule has 0 spiro atoms. The van der Waals surface area contributed by atoms with Gasteiger partial charge in [0.05, 0.1) is 19.3 Å². The summed E-state index contributed by atoms with van der Waals surface area (Å²) < 4.78 is 45.8. The Labute approximate surface area is 137 Å². The highest BCUT2D eigenvalue weighted by Crippen LogP contribution is 2.33. The van der Waals surface area contributed by atoms with Crippen molar-refractivity contribution in [2.75, 3.05) is 7.11 Å². The van der Waals surface area contributed by atoms with Crippen LogP contribution in [0.4, 0.5) is 13.2 Å². The fraction of sp³-hybridized carbons (Fsp3) is 0.294. The van der Waals surface area contributed by atoms with Crippen LogP contribution in [0.1, 0.15) is 17.2 Å². The molecule has 0 saturated carbocycles. The Morgan fingerprint density at radius 1 is 1.12 bits per heavy atom. The first kappa shape index (κ1) is 18.1. The summed E-state index contributed by atoms with van der Waals surface area (Å²) in [7, 11) is 1.31. The minimum atomic E-state index is -4.79. The fourth-order valence-corrected chi connectivity index (χ4v) is 2.35. The maximum Gasteiger partial charge on any atom is 0.573 e. The van der Waals surface area contributed by atoms with E-state index in [9.17, 15) is 18.3 Å². The van der Waals surface area contributed by atoms with Crippen LogP contribution in [0, 0.1) is 0 Å². The molecule has 0 radical (unpaired) electrons. The first-order valence-electron chi connectivity index (χ1n) is 7.21. The van der Waals surface area contributed by atoms with E-state index in [4.69, 9.17) is 10.5 Å². The molecule has 130 valence electrons. The van der Waals surface area contributed by atoms with E-state index in [0.717, 1.165) is 17.7 Å². The Morgan fingerprint density at radius 2 is 1.79 bits per heavy atom. The summed E-state index contributed by atoms with van der Waals surface area (Å²) >= 11 is 0. The van der Waals surface area contributed by atoms with Gasteiger partial charge in [-0.25, -0.2) is 0 Å². The topological polar surface area (TPSA) is 64.7 Å². The minimum Gasteiger partial charge on any atom is -0.496 e. The molecule has 0 heterocycles. The molecule has 3 N–H and O–H groups in total. The van der Waals surface area contributed by atoms with Crippen LogP contribution in [0.3, 0.4) is 0 Å². The molecular weight excluding hydrogens is 323 g/mol. The van der Waals surface area contributed by atoms with Gasteiger partial charge in [-0.15, -0.1) is 13.2 Å². The Hall–Kier alpha value is -2.25. The number of aliphatic hydroxyl groups is 1. The first-order valence-corrected chi connectivity index (χ1v) is 7.21. The lowest BCUT2D eigenvalue weighted by Crippen LogP contribution is -2.28. The summed E-state index contributed by atoms with van der Waals surface area (Å²) in [4.78, 5) is 0. The number of hydrogen-bond donors (Lipinski definition) is 2. The van der Waals surface area contributed by atoms with Gasteiger partial charge in [-0.2, -0.15) is 0 Å². The molecule has 0 saturated heterocycles. The monoisotopic (exact) mass is 341 g/mol. The number of hydrogen-bond acceptors (Lipinski definition) is 4. The normalized spacial score (nSPS) is 14.1. The number of rotatable bonds is 6. The molecule has 2 rings (SSSR count). The Balaban J connectivity index is 2.17. The molecule has 2 aromatic carbocycles. The lowest BCUT2D eigenvalue weighted by Gasteiger charge is -2.22. The largest absolute Gasteiger partial charge is 0.573 e. The summed E-state index contributed by atoms with van der Waals surface area (Å²) in [5.41, 5.74) is 7.35. The molecule has 7 heteroatoms. The van der Waals surface area contributed by atoms with Gasteiger partial charge in [0.15, 0.2) is 0 Å². The molecule has 24 heavy (non-hydrogen) atoms. The number of alkyl halides is 3. The average molecular weight is 341 g/mol. The molecule has 2 atom stereocenters. The second-order valence-corrected chi connectivity index (χ2v) is 5.23. The average Bonchev–Trinajstić information content (AvgIpc) is 2.53. The third kappa shape index (κ3) is 4.87. The highest BCUT2D eigenvalue weighted by molar-refractivity contribution is 5.43. The van der Waals surface area contributed by atoms with Crippen LogP contribution >= 0.6 is 0 Å². The van der Waals surface area contributed by atoms with E-state index >= 15 is 0 Å². The molecule has 2 aromatic rings. The molecule has 0 unspecified atom stereocenters. The molecule has 0 bridgehead atoms. The lowest BCUT2D eigenvalue weighted by molar-refractivity contribution is -0.274.